The van der Waals surface area contributed by atoms with E-state index in [-0.39, 0.29) is 5.41 Å². The topological polar surface area (TPSA) is 3.24 Å². The van der Waals surface area contributed by atoms with Crippen LogP contribution in [-0.2, 0) is 5.41 Å². The zero-order valence-corrected chi connectivity index (χ0v) is 29.4. The lowest BCUT2D eigenvalue weighted by Gasteiger charge is -2.53. The van der Waals surface area contributed by atoms with Gasteiger partial charge in [0.2, 0.25) is 0 Å². The van der Waals surface area contributed by atoms with E-state index < -0.39 is 0 Å². The molecular formula is C51H41N. The van der Waals surface area contributed by atoms with Crippen LogP contribution >= 0.6 is 0 Å². The molecule has 4 fully saturated rings. The maximum atomic E-state index is 2.60. The van der Waals surface area contributed by atoms with Crippen LogP contribution in [0, 0.1) is 23.7 Å². The van der Waals surface area contributed by atoms with Crippen molar-refractivity contribution in [3.63, 3.8) is 0 Å². The van der Waals surface area contributed by atoms with Crippen molar-refractivity contribution >= 4 is 60.2 Å². The molecule has 0 aromatic heterocycles. The minimum atomic E-state index is 0.145. The maximum Gasteiger partial charge on any atom is 0.0546 e. The molecule has 1 nitrogen and oxygen atoms in total. The Kier molecular flexibility index (Phi) is 6.07. The maximum absolute atomic E-state index is 2.60. The van der Waals surface area contributed by atoms with Gasteiger partial charge < -0.3 is 4.90 Å². The molecule has 13 rings (SSSR count). The summed E-state index contributed by atoms with van der Waals surface area (Å²) in [7, 11) is 0. The first-order valence-corrected chi connectivity index (χ1v) is 19.6. The second-order valence-electron chi connectivity index (χ2n) is 16.5. The molecular weight excluding hydrogens is 627 g/mol. The van der Waals surface area contributed by atoms with E-state index in [1.54, 1.807) is 11.1 Å². The van der Waals surface area contributed by atoms with Crippen molar-refractivity contribution in [3.05, 3.63) is 163 Å². The van der Waals surface area contributed by atoms with E-state index in [1.165, 1.54) is 110 Å². The molecule has 4 bridgehead atoms. The van der Waals surface area contributed by atoms with Gasteiger partial charge in [0.15, 0.2) is 0 Å². The van der Waals surface area contributed by atoms with Crippen LogP contribution < -0.4 is 4.90 Å². The van der Waals surface area contributed by atoms with Gasteiger partial charge >= 0.3 is 0 Å². The lowest BCUT2D eigenvalue weighted by Crippen LogP contribution is -2.48. The molecule has 5 unspecified atom stereocenters. The molecule has 1 heteroatoms. The highest BCUT2D eigenvalue weighted by atomic mass is 15.1. The van der Waals surface area contributed by atoms with Crippen LogP contribution in [0.15, 0.2) is 152 Å². The zero-order valence-electron chi connectivity index (χ0n) is 29.4. The Labute approximate surface area is 305 Å². The predicted octanol–water partition coefficient (Wildman–Crippen LogP) is 13.9. The number of fused-ring (bicyclic) bond motifs is 10. The van der Waals surface area contributed by atoms with Crippen molar-refractivity contribution in [2.75, 3.05) is 4.90 Å². The zero-order chi connectivity index (χ0) is 34.0. The van der Waals surface area contributed by atoms with Crippen molar-refractivity contribution in [1.82, 2.24) is 0 Å². The molecule has 8 aromatic carbocycles. The Morgan fingerprint density at radius 3 is 1.63 bits per heavy atom. The lowest BCUT2D eigenvalue weighted by atomic mass is 9.51. The third kappa shape index (κ3) is 3.89. The summed E-state index contributed by atoms with van der Waals surface area (Å²) < 4.78 is 0. The summed E-state index contributed by atoms with van der Waals surface area (Å²) in [4.78, 5) is 2.60. The van der Waals surface area contributed by atoms with Crippen LogP contribution in [0.4, 0.5) is 17.1 Å². The summed E-state index contributed by atoms with van der Waals surface area (Å²) in [6.45, 7) is 0. The van der Waals surface area contributed by atoms with Gasteiger partial charge in [0.05, 0.1) is 11.4 Å². The molecule has 0 heterocycles. The molecule has 4 saturated carbocycles. The van der Waals surface area contributed by atoms with Gasteiger partial charge in [-0.05, 0) is 135 Å². The molecule has 8 aromatic rings. The van der Waals surface area contributed by atoms with Gasteiger partial charge in [-0.2, -0.15) is 0 Å². The lowest BCUT2D eigenvalue weighted by molar-refractivity contribution is 0.0618. The van der Waals surface area contributed by atoms with E-state index >= 15 is 0 Å². The highest BCUT2D eigenvalue weighted by molar-refractivity contribution is 6.18. The summed E-state index contributed by atoms with van der Waals surface area (Å²) in [5.74, 6) is 3.33. The molecule has 0 amide bonds. The molecule has 0 aliphatic heterocycles. The standard InChI is InChI=1S/C51H41N/c1-3-13-39-34(11-1)29-49(44-18-7-5-15-41(39)44)52(50-30-35-12-2-4-14-40(35)42-16-6-8-19-45(42)50)38-23-24-48-46(31-38)43-17-9-10-20-47(43)51(48)36-22-21-32-25-33(27-36)28-37(51)26-32/h1-20,23-24,29-33,36-37H,21-22,25-28H2. The van der Waals surface area contributed by atoms with Gasteiger partial charge in [-0.25, -0.2) is 0 Å². The molecule has 5 aliphatic rings. The largest absolute Gasteiger partial charge is 0.309 e. The van der Waals surface area contributed by atoms with E-state index in [2.05, 4.69) is 157 Å². The minimum Gasteiger partial charge on any atom is -0.309 e. The molecule has 0 radical (unpaired) electrons. The minimum absolute atomic E-state index is 0.145. The fourth-order valence-corrected chi connectivity index (χ4v) is 12.3. The second-order valence-corrected chi connectivity index (χ2v) is 16.5. The van der Waals surface area contributed by atoms with E-state index in [1.807, 2.05) is 0 Å². The fraction of sp³-hybridized carbons (Fsp3) is 0.216. The van der Waals surface area contributed by atoms with Crippen molar-refractivity contribution in [2.24, 2.45) is 23.7 Å². The van der Waals surface area contributed by atoms with Crippen LogP contribution in [0.3, 0.4) is 0 Å². The van der Waals surface area contributed by atoms with Crippen LogP contribution in [0.1, 0.15) is 49.7 Å². The molecule has 52 heavy (non-hydrogen) atoms. The molecule has 0 saturated heterocycles. The van der Waals surface area contributed by atoms with E-state index in [9.17, 15) is 0 Å². The van der Waals surface area contributed by atoms with Crippen molar-refractivity contribution in [1.29, 1.82) is 0 Å². The number of rotatable bonds is 3. The first-order valence-electron chi connectivity index (χ1n) is 19.6. The van der Waals surface area contributed by atoms with Crippen molar-refractivity contribution < 1.29 is 0 Å². The first kappa shape index (κ1) is 29.2. The van der Waals surface area contributed by atoms with Gasteiger partial charge in [0, 0.05) is 21.9 Å². The summed E-state index contributed by atoms with van der Waals surface area (Å²) in [6.07, 6.45) is 8.49. The number of nitrogens with zero attached hydrogens (tertiary/aromatic N) is 1. The van der Waals surface area contributed by atoms with Crippen LogP contribution in [0.25, 0.3) is 54.2 Å². The summed E-state index contributed by atoms with van der Waals surface area (Å²) in [5.41, 5.74) is 9.99. The van der Waals surface area contributed by atoms with Crippen molar-refractivity contribution in [2.45, 2.75) is 43.9 Å². The second kappa shape index (κ2) is 10.8. The smallest absolute Gasteiger partial charge is 0.0546 e. The summed E-state index contributed by atoms with van der Waals surface area (Å²) >= 11 is 0. The third-order valence-corrected chi connectivity index (χ3v) is 14.1. The highest BCUT2D eigenvalue weighted by Crippen LogP contribution is 2.68. The third-order valence-electron chi connectivity index (χ3n) is 14.1. The Hall–Kier alpha value is -5.40. The molecule has 5 atom stereocenters. The average Bonchev–Trinajstić information content (AvgIpc) is 3.33. The van der Waals surface area contributed by atoms with Crippen molar-refractivity contribution in [3.8, 4) is 11.1 Å². The molecule has 250 valence electrons. The molecule has 5 aliphatic carbocycles. The first-order chi connectivity index (χ1) is 25.8. The summed E-state index contributed by atoms with van der Waals surface area (Å²) in [6, 6.07) is 57.9. The quantitative estimate of drug-likeness (QED) is 0.170. The van der Waals surface area contributed by atoms with Gasteiger partial charge in [-0.3, -0.25) is 0 Å². The van der Waals surface area contributed by atoms with E-state index in [0.717, 1.165) is 23.7 Å². The van der Waals surface area contributed by atoms with Gasteiger partial charge in [0.25, 0.3) is 0 Å². The van der Waals surface area contributed by atoms with E-state index in [0.29, 0.717) is 0 Å². The van der Waals surface area contributed by atoms with E-state index in [4.69, 9.17) is 0 Å². The monoisotopic (exact) mass is 667 g/mol. The SMILES string of the molecule is c1ccc2c(c1)-c1cc(N(c3cc4ccccc4c4ccccc34)c3cc4ccccc4c4ccccc34)ccc1C21C2CCC3CC(C2)CC1C3. The molecule has 1 spiro atoms. The van der Waals surface area contributed by atoms with Gasteiger partial charge in [0.1, 0.15) is 0 Å². The average molecular weight is 668 g/mol. The Balaban J connectivity index is 1.17. The summed E-state index contributed by atoms with van der Waals surface area (Å²) in [5, 5.41) is 10.3. The number of anilines is 3. The molecule has 0 N–H and O–H groups in total. The normalized spacial score (nSPS) is 24.2. The Morgan fingerprint density at radius 2 is 0.942 bits per heavy atom. The highest BCUT2D eigenvalue weighted by Gasteiger charge is 2.59. The van der Waals surface area contributed by atoms with Crippen LogP contribution in [-0.4, -0.2) is 0 Å². The Bertz CT molecular complexity index is 2630. The fourth-order valence-electron chi connectivity index (χ4n) is 12.3. The predicted molar refractivity (Wildman–Crippen MR) is 219 cm³/mol. The van der Waals surface area contributed by atoms with Crippen LogP contribution in [0.2, 0.25) is 0 Å². The van der Waals surface area contributed by atoms with Gasteiger partial charge in [-0.1, -0.05) is 134 Å². The van der Waals surface area contributed by atoms with Gasteiger partial charge in [-0.15, -0.1) is 0 Å². The number of benzene rings is 8. The number of hydrogen-bond donors (Lipinski definition) is 0. The Morgan fingerprint density at radius 1 is 0.404 bits per heavy atom. The van der Waals surface area contributed by atoms with Crippen LogP contribution in [0.5, 0.6) is 0 Å². The number of hydrogen-bond acceptors (Lipinski definition) is 1.